The highest BCUT2D eigenvalue weighted by Gasteiger charge is 2.32. The van der Waals surface area contributed by atoms with Crippen LogP contribution in [-0.2, 0) is 0 Å². The van der Waals surface area contributed by atoms with Crippen molar-refractivity contribution >= 4 is 11.6 Å². The summed E-state index contributed by atoms with van der Waals surface area (Å²) in [4.78, 5) is 15.0. The summed E-state index contributed by atoms with van der Waals surface area (Å²) in [5.41, 5.74) is 8.28. The molecule has 1 aromatic rings. The molecular formula is C17H26N2O. The number of aryl methyl sites for hydroxylation is 1. The molecule has 1 aliphatic heterocycles. The molecule has 1 aliphatic rings. The van der Waals surface area contributed by atoms with Gasteiger partial charge in [-0.3, -0.25) is 4.79 Å². The van der Waals surface area contributed by atoms with Gasteiger partial charge in [0.05, 0.1) is 0 Å². The first kappa shape index (κ1) is 14.9. The Labute approximate surface area is 122 Å². The van der Waals surface area contributed by atoms with Crippen molar-refractivity contribution in [3.63, 3.8) is 0 Å². The van der Waals surface area contributed by atoms with Crippen LogP contribution in [0.5, 0.6) is 0 Å². The van der Waals surface area contributed by atoms with Crippen molar-refractivity contribution in [3.8, 4) is 0 Å². The minimum Gasteiger partial charge on any atom is -0.399 e. The van der Waals surface area contributed by atoms with Crippen LogP contribution >= 0.6 is 0 Å². The summed E-state index contributed by atoms with van der Waals surface area (Å²) in [6.07, 6.45) is 4.54. The number of nitrogen functional groups attached to an aromatic ring is 1. The topological polar surface area (TPSA) is 46.3 Å². The summed E-state index contributed by atoms with van der Waals surface area (Å²) in [5, 5.41) is 0. The van der Waals surface area contributed by atoms with Crippen LogP contribution in [0.3, 0.4) is 0 Å². The second-order valence-corrected chi connectivity index (χ2v) is 6.05. The zero-order valence-corrected chi connectivity index (χ0v) is 12.9. The molecule has 110 valence electrons. The van der Waals surface area contributed by atoms with E-state index in [9.17, 15) is 4.79 Å². The molecule has 0 bridgehead atoms. The molecule has 0 spiro atoms. The Kier molecular flexibility index (Phi) is 4.69. The molecule has 1 heterocycles. The number of hydrogen-bond acceptors (Lipinski definition) is 2. The van der Waals surface area contributed by atoms with Gasteiger partial charge in [-0.15, -0.1) is 0 Å². The highest BCUT2D eigenvalue weighted by Crippen LogP contribution is 2.28. The standard InChI is InChI=1S/C17H26N2O/c1-4-6-16-13(3)7-5-10-19(16)17(20)15-11-14(18)9-8-12(15)2/h8-9,11,13,16H,4-7,10,18H2,1-3H3. The summed E-state index contributed by atoms with van der Waals surface area (Å²) in [5.74, 6) is 0.744. The second kappa shape index (κ2) is 6.29. The van der Waals surface area contributed by atoms with Crippen LogP contribution < -0.4 is 5.73 Å². The molecule has 3 heteroatoms. The fourth-order valence-electron chi connectivity index (χ4n) is 3.26. The van der Waals surface area contributed by atoms with Crippen molar-refractivity contribution in [2.75, 3.05) is 12.3 Å². The number of carbonyl (C=O) groups excluding carboxylic acids is 1. The fourth-order valence-corrected chi connectivity index (χ4v) is 3.26. The number of amides is 1. The first-order chi connectivity index (χ1) is 9.54. The Morgan fingerprint density at radius 2 is 2.20 bits per heavy atom. The monoisotopic (exact) mass is 274 g/mol. The highest BCUT2D eigenvalue weighted by atomic mass is 16.2. The number of carbonyl (C=O) groups is 1. The lowest BCUT2D eigenvalue weighted by Gasteiger charge is -2.40. The molecule has 0 radical (unpaired) electrons. The molecule has 2 rings (SSSR count). The van der Waals surface area contributed by atoms with Gasteiger partial charge in [-0.05, 0) is 49.8 Å². The fraction of sp³-hybridized carbons (Fsp3) is 0.588. The number of likely N-dealkylation sites (tertiary alicyclic amines) is 1. The van der Waals surface area contributed by atoms with Crippen LogP contribution in [0, 0.1) is 12.8 Å². The van der Waals surface area contributed by atoms with Gasteiger partial charge >= 0.3 is 0 Å². The molecule has 1 amide bonds. The van der Waals surface area contributed by atoms with Crippen LogP contribution in [0.1, 0.15) is 55.5 Å². The Morgan fingerprint density at radius 1 is 1.45 bits per heavy atom. The average molecular weight is 274 g/mol. The van der Waals surface area contributed by atoms with Gasteiger partial charge in [0.1, 0.15) is 0 Å². The van der Waals surface area contributed by atoms with Crippen molar-refractivity contribution in [2.45, 2.75) is 52.5 Å². The number of rotatable bonds is 3. The lowest BCUT2D eigenvalue weighted by atomic mass is 9.87. The van der Waals surface area contributed by atoms with E-state index >= 15 is 0 Å². The molecule has 2 N–H and O–H groups in total. The van der Waals surface area contributed by atoms with Gasteiger partial charge in [0.2, 0.25) is 0 Å². The lowest BCUT2D eigenvalue weighted by molar-refractivity contribution is 0.0497. The molecule has 1 saturated heterocycles. The van der Waals surface area contributed by atoms with E-state index in [2.05, 4.69) is 18.7 Å². The summed E-state index contributed by atoms with van der Waals surface area (Å²) in [6.45, 7) is 7.32. The molecule has 1 fully saturated rings. The Morgan fingerprint density at radius 3 is 2.90 bits per heavy atom. The number of nitrogens with zero attached hydrogens (tertiary/aromatic N) is 1. The molecule has 1 aromatic carbocycles. The third-order valence-electron chi connectivity index (χ3n) is 4.45. The van der Waals surface area contributed by atoms with Gasteiger partial charge in [-0.25, -0.2) is 0 Å². The smallest absolute Gasteiger partial charge is 0.254 e. The normalized spacial score (nSPS) is 22.9. The van der Waals surface area contributed by atoms with Crippen molar-refractivity contribution in [2.24, 2.45) is 5.92 Å². The van der Waals surface area contributed by atoms with E-state index in [0.717, 1.165) is 36.9 Å². The van der Waals surface area contributed by atoms with Crippen molar-refractivity contribution < 1.29 is 4.79 Å². The van der Waals surface area contributed by atoms with E-state index in [1.807, 2.05) is 25.1 Å². The van der Waals surface area contributed by atoms with E-state index in [1.165, 1.54) is 6.42 Å². The molecule has 2 atom stereocenters. The van der Waals surface area contributed by atoms with Crippen LogP contribution in [-0.4, -0.2) is 23.4 Å². The Bertz CT molecular complexity index is 484. The first-order valence-corrected chi connectivity index (χ1v) is 7.71. The zero-order chi connectivity index (χ0) is 14.7. The maximum Gasteiger partial charge on any atom is 0.254 e. The predicted molar refractivity (Wildman–Crippen MR) is 83.7 cm³/mol. The molecule has 0 aliphatic carbocycles. The van der Waals surface area contributed by atoms with Gasteiger partial charge in [0, 0.05) is 23.8 Å². The van der Waals surface area contributed by atoms with Crippen LogP contribution in [0.2, 0.25) is 0 Å². The number of anilines is 1. The number of benzene rings is 1. The van der Waals surface area contributed by atoms with E-state index < -0.39 is 0 Å². The third kappa shape index (κ3) is 2.97. The van der Waals surface area contributed by atoms with Crippen molar-refractivity contribution in [1.82, 2.24) is 4.90 Å². The summed E-state index contributed by atoms with van der Waals surface area (Å²) < 4.78 is 0. The van der Waals surface area contributed by atoms with Gasteiger partial charge in [0.15, 0.2) is 0 Å². The number of hydrogen-bond donors (Lipinski definition) is 1. The molecule has 20 heavy (non-hydrogen) atoms. The predicted octanol–water partition coefficient (Wildman–Crippen LogP) is 3.62. The quantitative estimate of drug-likeness (QED) is 0.856. The van der Waals surface area contributed by atoms with E-state index in [1.54, 1.807) is 0 Å². The molecule has 0 saturated carbocycles. The summed E-state index contributed by atoms with van der Waals surface area (Å²) in [6, 6.07) is 5.99. The minimum atomic E-state index is 0.153. The summed E-state index contributed by atoms with van der Waals surface area (Å²) >= 11 is 0. The number of nitrogens with two attached hydrogens (primary N) is 1. The second-order valence-electron chi connectivity index (χ2n) is 6.05. The molecule has 3 nitrogen and oxygen atoms in total. The van der Waals surface area contributed by atoms with Crippen molar-refractivity contribution in [1.29, 1.82) is 0 Å². The van der Waals surface area contributed by atoms with Gasteiger partial charge in [0.25, 0.3) is 5.91 Å². The van der Waals surface area contributed by atoms with E-state index in [0.29, 0.717) is 17.6 Å². The van der Waals surface area contributed by atoms with Crippen molar-refractivity contribution in [3.05, 3.63) is 29.3 Å². The zero-order valence-electron chi connectivity index (χ0n) is 12.9. The van der Waals surface area contributed by atoms with Crippen LogP contribution in [0.25, 0.3) is 0 Å². The Balaban J connectivity index is 2.27. The average Bonchev–Trinajstić information content (AvgIpc) is 2.43. The van der Waals surface area contributed by atoms with Gasteiger partial charge in [-0.1, -0.05) is 26.3 Å². The van der Waals surface area contributed by atoms with E-state index in [-0.39, 0.29) is 5.91 Å². The molecular weight excluding hydrogens is 248 g/mol. The molecule has 0 aromatic heterocycles. The number of piperidine rings is 1. The maximum atomic E-state index is 12.9. The lowest BCUT2D eigenvalue weighted by Crippen LogP contribution is -2.47. The van der Waals surface area contributed by atoms with Crippen LogP contribution in [0.4, 0.5) is 5.69 Å². The maximum absolute atomic E-state index is 12.9. The highest BCUT2D eigenvalue weighted by molar-refractivity contribution is 5.96. The van der Waals surface area contributed by atoms with E-state index in [4.69, 9.17) is 5.73 Å². The minimum absolute atomic E-state index is 0.153. The third-order valence-corrected chi connectivity index (χ3v) is 4.45. The van der Waals surface area contributed by atoms with Gasteiger partial charge < -0.3 is 10.6 Å². The van der Waals surface area contributed by atoms with Crippen LogP contribution in [0.15, 0.2) is 18.2 Å². The first-order valence-electron chi connectivity index (χ1n) is 7.71. The SMILES string of the molecule is CCCC1C(C)CCCN1C(=O)c1cc(N)ccc1C. The Hall–Kier alpha value is -1.51. The largest absolute Gasteiger partial charge is 0.399 e. The van der Waals surface area contributed by atoms with Gasteiger partial charge in [-0.2, -0.15) is 0 Å². The summed E-state index contributed by atoms with van der Waals surface area (Å²) in [7, 11) is 0. The molecule has 2 unspecified atom stereocenters.